The summed E-state index contributed by atoms with van der Waals surface area (Å²) in [7, 11) is 0. The van der Waals surface area contributed by atoms with Crippen LogP contribution in [0.4, 0.5) is 0 Å². The predicted molar refractivity (Wildman–Crippen MR) is 90.2 cm³/mol. The molecule has 0 unspecified atom stereocenters. The molecule has 3 rings (SSSR count). The van der Waals surface area contributed by atoms with E-state index in [-0.39, 0.29) is 6.10 Å². The SMILES string of the molecule is CCn1cc(O[C@@H]2CN(C/C=C/c3ccccc3)C[C@H]2O)cn1. The molecule has 0 aliphatic carbocycles. The number of hydrogen-bond acceptors (Lipinski definition) is 4. The first kappa shape index (κ1) is 15.8. The van der Waals surface area contributed by atoms with Crippen LogP contribution in [0.3, 0.4) is 0 Å². The van der Waals surface area contributed by atoms with Crippen LogP contribution in [0.25, 0.3) is 6.08 Å². The number of nitrogens with zero attached hydrogens (tertiary/aromatic N) is 3. The van der Waals surface area contributed by atoms with Crippen molar-refractivity contribution in [1.29, 1.82) is 0 Å². The Balaban J connectivity index is 1.51. The number of rotatable bonds is 6. The molecule has 5 heteroatoms. The second kappa shape index (κ2) is 7.44. The summed E-state index contributed by atoms with van der Waals surface area (Å²) < 4.78 is 7.68. The van der Waals surface area contributed by atoms with E-state index in [1.165, 1.54) is 5.56 Å². The van der Waals surface area contributed by atoms with E-state index in [0.29, 0.717) is 6.54 Å². The number of hydrogen-bond donors (Lipinski definition) is 1. The first-order chi connectivity index (χ1) is 11.2. The first-order valence-corrected chi connectivity index (χ1v) is 8.05. The minimum atomic E-state index is -0.467. The average Bonchev–Trinajstić information content (AvgIpc) is 3.16. The summed E-state index contributed by atoms with van der Waals surface area (Å²) in [6, 6.07) is 10.2. The minimum Gasteiger partial charge on any atom is -0.483 e. The fraction of sp³-hybridized carbons (Fsp3) is 0.389. The summed E-state index contributed by atoms with van der Waals surface area (Å²) in [5.74, 6) is 0.720. The molecule has 1 aliphatic heterocycles. The van der Waals surface area contributed by atoms with Crippen LogP contribution < -0.4 is 4.74 Å². The largest absolute Gasteiger partial charge is 0.483 e. The zero-order chi connectivity index (χ0) is 16.1. The molecule has 2 aromatic rings. The highest BCUT2D eigenvalue weighted by Gasteiger charge is 2.32. The number of benzene rings is 1. The third kappa shape index (κ3) is 4.21. The van der Waals surface area contributed by atoms with Gasteiger partial charge in [0.15, 0.2) is 5.75 Å². The van der Waals surface area contributed by atoms with Gasteiger partial charge in [0, 0.05) is 26.2 Å². The van der Waals surface area contributed by atoms with E-state index < -0.39 is 6.10 Å². The van der Waals surface area contributed by atoms with Crippen LogP contribution in [0.5, 0.6) is 5.75 Å². The fourth-order valence-corrected chi connectivity index (χ4v) is 2.75. The molecule has 1 aliphatic rings. The molecule has 0 saturated carbocycles. The Bertz CT molecular complexity index is 639. The standard InChI is InChI=1S/C18H23N3O2/c1-2-21-12-16(11-19-21)23-18-14-20(13-17(18)22)10-6-9-15-7-4-3-5-8-15/h3-9,11-12,17-18,22H,2,10,13-14H2,1H3/b9-6+/t17-,18-/m1/s1. The van der Waals surface area contributed by atoms with Gasteiger partial charge in [0.05, 0.1) is 12.4 Å². The predicted octanol–water partition coefficient (Wildman–Crippen LogP) is 2.04. The molecule has 5 nitrogen and oxygen atoms in total. The maximum atomic E-state index is 10.2. The highest BCUT2D eigenvalue weighted by atomic mass is 16.5. The Morgan fingerprint density at radius 3 is 2.87 bits per heavy atom. The first-order valence-electron chi connectivity index (χ1n) is 8.05. The van der Waals surface area contributed by atoms with Crippen molar-refractivity contribution in [2.45, 2.75) is 25.7 Å². The Morgan fingerprint density at radius 1 is 1.30 bits per heavy atom. The molecule has 0 amide bonds. The lowest BCUT2D eigenvalue weighted by molar-refractivity contribution is 0.0736. The molecule has 23 heavy (non-hydrogen) atoms. The van der Waals surface area contributed by atoms with E-state index in [1.54, 1.807) is 6.20 Å². The van der Waals surface area contributed by atoms with Crippen molar-refractivity contribution in [2.75, 3.05) is 19.6 Å². The number of likely N-dealkylation sites (tertiary alicyclic amines) is 1. The number of aliphatic hydroxyl groups is 1. The van der Waals surface area contributed by atoms with Gasteiger partial charge in [-0.25, -0.2) is 0 Å². The van der Waals surface area contributed by atoms with Crippen LogP contribution in [-0.4, -0.2) is 51.6 Å². The van der Waals surface area contributed by atoms with Crippen molar-refractivity contribution in [3.05, 3.63) is 54.4 Å². The molecule has 0 spiro atoms. The normalized spacial score (nSPS) is 22.0. The molecule has 0 radical (unpaired) electrons. The molecule has 2 heterocycles. The number of aliphatic hydroxyl groups excluding tert-OH is 1. The van der Waals surface area contributed by atoms with Crippen molar-refractivity contribution >= 4 is 6.08 Å². The highest BCUT2D eigenvalue weighted by molar-refractivity contribution is 5.48. The zero-order valence-corrected chi connectivity index (χ0v) is 13.4. The number of aryl methyl sites for hydroxylation is 1. The van der Waals surface area contributed by atoms with E-state index in [0.717, 1.165) is 25.4 Å². The zero-order valence-electron chi connectivity index (χ0n) is 13.4. The van der Waals surface area contributed by atoms with Gasteiger partial charge in [-0.15, -0.1) is 0 Å². The lowest BCUT2D eigenvalue weighted by Crippen LogP contribution is -2.29. The summed E-state index contributed by atoms with van der Waals surface area (Å²) in [4.78, 5) is 2.19. The van der Waals surface area contributed by atoms with Crippen LogP contribution in [0, 0.1) is 0 Å². The van der Waals surface area contributed by atoms with Gasteiger partial charge in [-0.05, 0) is 12.5 Å². The summed E-state index contributed by atoms with van der Waals surface area (Å²) in [5.41, 5.74) is 1.19. The van der Waals surface area contributed by atoms with Gasteiger partial charge in [-0.3, -0.25) is 9.58 Å². The monoisotopic (exact) mass is 313 g/mol. The van der Waals surface area contributed by atoms with Crippen LogP contribution in [0.1, 0.15) is 12.5 Å². The highest BCUT2D eigenvalue weighted by Crippen LogP contribution is 2.18. The van der Waals surface area contributed by atoms with Crippen LogP contribution in [0.2, 0.25) is 0 Å². The Labute approximate surface area is 136 Å². The van der Waals surface area contributed by atoms with E-state index in [2.05, 4.69) is 34.3 Å². The lowest BCUT2D eigenvalue weighted by atomic mass is 10.2. The van der Waals surface area contributed by atoms with Gasteiger partial charge in [0.1, 0.15) is 12.2 Å². The van der Waals surface area contributed by atoms with Gasteiger partial charge in [-0.1, -0.05) is 42.5 Å². The van der Waals surface area contributed by atoms with Crippen molar-refractivity contribution < 1.29 is 9.84 Å². The van der Waals surface area contributed by atoms with Crippen molar-refractivity contribution in [3.8, 4) is 5.75 Å². The number of ether oxygens (including phenoxy) is 1. The van der Waals surface area contributed by atoms with Gasteiger partial charge in [-0.2, -0.15) is 5.10 Å². The maximum Gasteiger partial charge on any atom is 0.157 e. The fourth-order valence-electron chi connectivity index (χ4n) is 2.75. The van der Waals surface area contributed by atoms with Crippen molar-refractivity contribution in [3.63, 3.8) is 0 Å². The molecule has 1 aromatic heterocycles. The van der Waals surface area contributed by atoms with Gasteiger partial charge >= 0.3 is 0 Å². The molecular formula is C18H23N3O2. The van der Waals surface area contributed by atoms with Gasteiger partial charge in [0.2, 0.25) is 0 Å². The molecule has 0 bridgehead atoms. The Hall–Kier alpha value is -2.11. The third-order valence-electron chi connectivity index (χ3n) is 4.01. The minimum absolute atomic E-state index is 0.199. The lowest BCUT2D eigenvalue weighted by Gasteiger charge is -2.15. The summed E-state index contributed by atoms with van der Waals surface area (Å²) in [6.45, 7) is 5.00. The Kier molecular flexibility index (Phi) is 5.10. The topological polar surface area (TPSA) is 50.5 Å². The second-order valence-electron chi connectivity index (χ2n) is 5.79. The quantitative estimate of drug-likeness (QED) is 0.887. The molecule has 1 saturated heterocycles. The molecule has 1 N–H and O–H groups in total. The summed E-state index contributed by atoms with van der Waals surface area (Å²) >= 11 is 0. The van der Waals surface area contributed by atoms with E-state index >= 15 is 0 Å². The molecular weight excluding hydrogens is 290 g/mol. The van der Waals surface area contributed by atoms with Crippen LogP contribution in [0.15, 0.2) is 48.8 Å². The van der Waals surface area contributed by atoms with Crippen LogP contribution in [-0.2, 0) is 6.54 Å². The molecule has 2 atom stereocenters. The van der Waals surface area contributed by atoms with E-state index in [4.69, 9.17) is 4.74 Å². The smallest absolute Gasteiger partial charge is 0.157 e. The summed E-state index contributed by atoms with van der Waals surface area (Å²) in [6.07, 6.45) is 7.13. The molecule has 1 aromatic carbocycles. The average molecular weight is 313 g/mol. The Morgan fingerprint density at radius 2 is 2.13 bits per heavy atom. The van der Waals surface area contributed by atoms with Crippen molar-refractivity contribution in [1.82, 2.24) is 14.7 Å². The molecule has 1 fully saturated rings. The van der Waals surface area contributed by atoms with Crippen LogP contribution >= 0.6 is 0 Å². The maximum absolute atomic E-state index is 10.2. The van der Waals surface area contributed by atoms with E-state index in [9.17, 15) is 5.11 Å². The van der Waals surface area contributed by atoms with Gasteiger partial charge in [0.25, 0.3) is 0 Å². The number of aromatic nitrogens is 2. The van der Waals surface area contributed by atoms with Crippen molar-refractivity contribution in [2.24, 2.45) is 0 Å². The van der Waals surface area contributed by atoms with E-state index in [1.807, 2.05) is 36.0 Å². The van der Waals surface area contributed by atoms with Gasteiger partial charge < -0.3 is 9.84 Å². The molecule has 122 valence electrons. The third-order valence-corrected chi connectivity index (χ3v) is 4.01. The number of β-amino-alcohol motifs (C(OH)–C–C–N with tert-alkyl or cyclic N) is 1. The second-order valence-corrected chi connectivity index (χ2v) is 5.79. The summed E-state index contributed by atoms with van der Waals surface area (Å²) in [5, 5.41) is 14.4.